The van der Waals surface area contributed by atoms with Crippen molar-refractivity contribution >= 4 is 41.0 Å². The van der Waals surface area contributed by atoms with Gasteiger partial charge in [-0.1, -0.05) is 56.0 Å². The van der Waals surface area contributed by atoms with Crippen LogP contribution in [0.15, 0.2) is 35.7 Å². The number of rotatable bonds is 12. The van der Waals surface area contributed by atoms with Gasteiger partial charge < -0.3 is 15.1 Å². The topological polar surface area (TPSA) is 91.3 Å². The molecule has 1 aliphatic rings. The first-order valence-electron chi connectivity index (χ1n) is 12.3. The van der Waals surface area contributed by atoms with Crippen molar-refractivity contribution in [3.05, 3.63) is 41.3 Å². The molecule has 0 aromatic carbocycles. The third-order valence-corrected chi connectivity index (χ3v) is 7.04. The number of anilines is 1. The number of thioether (sulfide) groups is 1. The molecule has 1 N–H and O–H groups in total. The first-order chi connectivity index (χ1) is 17.0. The molecule has 0 aliphatic carbocycles. The maximum absolute atomic E-state index is 12.7. The number of nitrogens with zero attached hydrogens (tertiary/aromatic N) is 5. The van der Waals surface area contributed by atoms with Gasteiger partial charge in [0.2, 0.25) is 11.8 Å². The third-order valence-electron chi connectivity index (χ3n) is 6.00. The molecule has 1 atom stereocenters. The minimum absolute atomic E-state index is 0.0932. The van der Waals surface area contributed by atoms with Crippen LogP contribution in [0.5, 0.6) is 0 Å². The Hall–Kier alpha value is -2.39. The van der Waals surface area contributed by atoms with Gasteiger partial charge in [0.05, 0.1) is 5.75 Å². The van der Waals surface area contributed by atoms with Crippen molar-refractivity contribution < 1.29 is 9.59 Å². The minimum atomic E-state index is -0.104. The van der Waals surface area contributed by atoms with E-state index in [1.54, 1.807) is 18.5 Å². The van der Waals surface area contributed by atoms with Crippen LogP contribution in [0.1, 0.15) is 57.9 Å². The lowest BCUT2D eigenvalue weighted by atomic mass is 10.1. The molecule has 1 unspecified atom stereocenters. The number of carbonyl (C=O) groups is 2. The Morgan fingerprint density at radius 2 is 1.91 bits per heavy atom. The second-order valence-corrected chi connectivity index (χ2v) is 10.1. The van der Waals surface area contributed by atoms with Gasteiger partial charge in [0.15, 0.2) is 5.16 Å². The monoisotopic (exact) mass is 518 g/mol. The van der Waals surface area contributed by atoms with Gasteiger partial charge in [-0.25, -0.2) is 9.97 Å². The smallest absolute Gasteiger partial charge is 0.230 e. The highest BCUT2D eigenvalue weighted by Crippen LogP contribution is 2.24. The molecule has 1 aliphatic heterocycles. The average Bonchev–Trinajstić information content (AvgIpc) is 2.86. The number of carbonyl (C=O) groups excluding carboxylic acids is 2. The number of nitrogens with one attached hydrogen (secondary N) is 1. The molecular formula is C25H35ClN6O2S. The van der Waals surface area contributed by atoms with Gasteiger partial charge in [-0.15, -0.1) is 0 Å². The van der Waals surface area contributed by atoms with Gasteiger partial charge in [0.25, 0.3) is 0 Å². The molecule has 1 saturated heterocycles. The number of pyridine rings is 1. The van der Waals surface area contributed by atoms with Gasteiger partial charge in [0, 0.05) is 57.1 Å². The molecule has 2 aromatic rings. The van der Waals surface area contributed by atoms with E-state index >= 15 is 0 Å². The number of halogens is 1. The van der Waals surface area contributed by atoms with Crippen LogP contribution in [0.4, 0.5) is 5.82 Å². The van der Waals surface area contributed by atoms with E-state index in [4.69, 9.17) is 11.6 Å². The Morgan fingerprint density at radius 1 is 1.14 bits per heavy atom. The van der Waals surface area contributed by atoms with E-state index in [2.05, 4.69) is 39.0 Å². The maximum atomic E-state index is 12.7. The lowest BCUT2D eigenvalue weighted by Crippen LogP contribution is -2.54. The Kier molecular flexibility index (Phi) is 11.1. The summed E-state index contributed by atoms with van der Waals surface area (Å²) in [6.07, 6.45) is 9.75. The quantitative estimate of drug-likeness (QED) is 0.193. The second-order valence-electron chi connectivity index (χ2n) is 8.80. The fourth-order valence-electron chi connectivity index (χ4n) is 4.05. The van der Waals surface area contributed by atoms with Gasteiger partial charge in [-0.2, -0.15) is 0 Å². The first kappa shape index (κ1) is 27.2. The number of unbranched alkanes of at least 4 members (excludes halogenated alkanes) is 4. The largest absolute Gasteiger partial charge is 0.353 e. The Labute approximate surface area is 217 Å². The van der Waals surface area contributed by atoms with Gasteiger partial charge in [0.1, 0.15) is 11.0 Å². The van der Waals surface area contributed by atoms with Crippen LogP contribution in [0.3, 0.4) is 0 Å². The van der Waals surface area contributed by atoms with Crippen LogP contribution in [-0.4, -0.2) is 63.1 Å². The van der Waals surface area contributed by atoms with Crippen molar-refractivity contribution in [1.29, 1.82) is 0 Å². The summed E-state index contributed by atoms with van der Waals surface area (Å²) < 4.78 is 0. The summed E-state index contributed by atoms with van der Waals surface area (Å²) in [4.78, 5) is 42.0. The molecule has 2 amide bonds. The number of hydrogen-bond acceptors (Lipinski definition) is 7. The molecule has 3 rings (SSSR count). The fourth-order valence-corrected chi connectivity index (χ4v) is 4.96. The molecule has 190 valence electrons. The lowest BCUT2D eigenvalue weighted by Gasteiger charge is -2.40. The molecule has 2 aromatic heterocycles. The molecule has 0 radical (unpaired) electrons. The molecule has 0 bridgehead atoms. The standard InChI is InChI=1S/C25H35ClN6O2S/c1-3-4-5-6-7-8-24(34)32-14-13-31(17-19(32)2)22-15-21(26)29-25(30-22)35-18-23(33)28-16-20-9-11-27-12-10-20/h9-12,15,19H,3-8,13-14,16-18H2,1-2H3,(H,28,33). The van der Waals surface area contributed by atoms with Gasteiger partial charge in [-0.05, 0) is 31.0 Å². The van der Waals surface area contributed by atoms with Crippen LogP contribution >= 0.6 is 23.4 Å². The van der Waals surface area contributed by atoms with E-state index in [1.807, 2.05) is 17.0 Å². The number of piperazine rings is 1. The van der Waals surface area contributed by atoms with Crippen molar-refractivity contribution in [3.8, 4) is 0 Å². The first-order valence-corrected chi connectivity index (χ1v) is 13.7. The predicted molar refractivity (Wildman–Crippen MR) is 141 cm³/mol. The van der Waals surface area contributed by atoms with E-state index in [1.165, 1.54) is 31.0 Å². The van der Waals surface area contributed by atoms with Crippen molar-refractivity contribution in [1.82, 2.24) is 25.2 Å². The zero-order valence-corrected chi connectivity index (χ0v) is 22.2. The van der Waals surface area contributed by atoms with Crippen LogP contribution in [0, 0.1) is 0 Å². The molecule has 10 heteroatoms. The summed E-state index contributed by atoms with van der Waals surface area (Å²) in [5.74, 6) is 1.06. The van der Waals surface area contributed by atoms with E-state index < -0.39 is 0 Å². The Balaban J connectivity index is 1.48. The maximum Gasteiger partial charge on any atom is 0.230 e. The van der Waals surface area contributed by atoms with E-state index in [0.29, 0.717) is 42.9 Å². The van der Waals surface area contributed by atoms with Gasteiger partial charge >= 0.3 is 0 Å². The lowest BCUT2D eigenvalue weighted by molar-refractivity contribution is -0.133. The highest BCUT2D eigenvalue weighted by atomic mass is 35.5. The van der Waals surface area contributed by atoms with E-state index in [0.717, 1.165) is 24.2 Å². The van der Waals surface area contributed by atoms with E-state index in [-0.39, 0.29) is 23.6 Å². The van der Waals surface area contributed by atoms with Crippen molar-refractivity contribution in [2.45, 2.75) is 70.1 Å². The van der Waals surface area contributed by atoms with Crippen LogP contribution in [0.2, 0.25) is 5.15 Å². The Morgan fingerprint density at radius 3 is 2.66 bits per heavy atom. The van der Waals surface area contributed by atoms with E-state index in [9.17, 15) is 9.59 Å². The molecule has 0 spiro atoms. The predicted octanol–water partition coefficient (Wildman–Crippen LogP) is 4.33. The third kappa shape index (κ3) is 8.96. The number of hydrogen-bond donors (Lipinski definition) is 1. The second kappa shape index (κ2) is 14.2. The summed E-state index contributed by atoms with van der Waals surface area (Å²) >= 11 is 7.53. The van der Waals surface area contributed by atoms with Crippen LogP contribution < -0.4 is 10.2 Å². The molecule has 35 heavy (non-hydrogen) atoms. The average molecular weight is 519 g/mol. The zero-order chi connectivity index (χ0) is 25.0. The highest BCUT2D eigenvalue weighted by Gasteiger charge is 2.28. The van der Waals surface area contributed by atoms with Crippen molar-refractivity contribution in [2.24, 2.45) is 0 Å². The molecule has 0 saturated carbocycles. The minimum Gasteiger partial charge on any atom is -0.353 e. The summed E-state index contributed by atoms with van der Waals surface area (Å²) in [6.45, 7) is 6.76. The molecule has 3 heterocycles. The van der Waals surface area contributed by atoms with Gasteiger partial charge in [-0.3, -0.25) is 14.6 Å². The summed E-state index contributed by atoms with van der Waals surface area (Å²) in [5, 5.41) is 3.69. The summed E-state index contributed by atoms with van der Waals surface area (Å²) in [6, 6.07) is 5.56. The Bertz CT molecular complexity index is 964. The fraction of sp³-hybridized carbons (Fsp3) is 0.560. The number of amides is 2. The van der Waals surface area contributed by atoms with Crippen LogP contribution in [0.25, 0.3) is 0 Å². The van der Waals surface area contributed by atoms with Crippen LogP contribution in [-0.2, 0) is 16.1 Å². The highest BCUT2D eigenvalue weighted by molar-refractivity contribution is 7.99. The summed E-state index contributed by atoms with van der Waals surface area (Å²) in [5.41, 5.74) is 0.989. The normalized spacial score (nSPS) is 15.8. The number of aromatic nitrogens is 3. The molecule has 8 nitrogen and oxygen atoms in total. The van der Waals surface area contributed by atoms with Crippen molar-refractivity contribution in [2.75, 3.05) is 30.3 Å². The summed E-state index contributed by atoms with van der Waals surface area (Å²) in [7, 11) is 0. The SMILES string of the molecule is CCCCCCCC(=O)N1CCN(c2cc(Cl)nc(SCC(=O)NCc3ccncc3)n2)CC1C. The molecule has 1 fully saturated rings. The zero-order valence-electron chi connectivity index (χ0n) is 20.6. The van der Waals surface area contributed by atoms with Crippen molar-refractivity contribution in [3.63, 3.8) is 0 Å². The molecular weight excluding hydrogens is 484 g/mol.